The number of para-hydroxylation sites is 2. The quantitative estimate of drug-likeness (QED) is 0.613. The summed E-state index contributed by atoms with van der Waals surface area (Å²) in [7, 11) is 1.82. The molecular formula is C21H26N6O3S. The van der Waals surface area contributed by atoms with Gasteiger partial charge in [-0.25, -0.2) is 14.5 Å². The van der Waals surface area contributed by atoms with Crippen LogP contribution in [0.3, 0.4) is 0 Å². The number of imidazole rings is 1. The third-order valence-electron chi connectivity index (χ3n) is 6.03. The van der Waals surface area contributed by atoms with Crippen LogP contribution in [0.4, 0.5) is 11.8 Å². The summed E-state index contributed by atoms with van der Waals surface area (Å²) in [5.74, 6) is 2.44. The van der Waals surface area contributed by atoms with Crippen molar-refractivity contribution in [2.45, 2.75) is 24.6 Å². The van der Waals surface area contributed by atoms with Gasteiger partial charge in [0.05, 0.1) is 36.5 Å². The number of ether oxygens (including phenoxy) is 2. The summed E-state index contributed by atoms with van der Waals surface area (Å²) in [6, 6.07) is 7.95. The van der Waals surface area contributed by atoms with Gasteiger partial charge in [0.2, 0.25) is 11.9 Å². The molecule has 164 valence electrons. The molecule has 0 bridgehead atoms. The zero-order chi connectivity index (χ0) is 21.8. The Morgan fingerprint density at radius 1 is 1.19 bits per heavy atom. The average molecular weight is 443 g/mol. The monoisotopic (exact) mass is 442 g/mol. The van der Waals surface area contributed by atoms with Gasteiger partial charge in [-0.05, 0) is 37.2 Å². The van der Waals surface area contributed by atoms with Crippen molar-refractivity contribution < 1.29 is 14.0 Å². The third kappa shape index (κ3) is 3.20. The van der Waals surface area contributed by atoms with E-state index in [0.717, 1.165) is 23.4 Å². The molecule has 2 aliphatic rings. The van der Waals surface area contributed by atoms with E-state index in [1.54, 1.807) is 6.26 Å². The molecule has 31 heavy (non-hydrogen) atoms. The first-order valence-electron chi connectivity index (χ1n) is 10.3. The standard InChI is InChI=1S/C21H26N6O3S/c1-21(2,31(4)28)17-16-18(26-9-10-29-11-13(26)12-30-16)25-20(24-17)27-15-8-6-5-7-14(15)23-19(27)22-3/h5-8,13H,9-12H2,1-4H3,(H,22,23). The molecule has 1 aromatic carbocycles. The zero-order valence-electron chi connectivity index (χ0n) is 18.1. The summed E-state index contributed by atoms with van der Waals surface area (Å²) < 4.78 is 25.7. The second-order valence-corrected chi connectivity index (χ2v) is 10.2. The fourth-order valence-electron chi connectivity index (χ4n) is 4.05. The number of hydrogen-bond acceptors (Lipinski definition) is 8. The zero-order valence-corrected chi connectivity index (χ0v) is 18.9. The largest absolute Gasteiger partial charge is 0.616 e. The summed E-state index contributed by atoms with van der Waals surface area (Å²) >= 11 is -1.18. The molecule has 2 atom stereocenters. The maximum atomic E-state index is 12.7. The van der Waals surface area contributed by atoms with Gasteiger partial charge in [-0.3, -0.25) is 0 Å². The van der Waals surface area contributed by atoms with Crippen molar-refractivity contribution in [2.24, 2.45) is 0 Å². The lowest BCUT2D eigenvalue weighted by molar-refractivity contribution is 0.0691. The van der Waals surface area contributed by atoms with Gasteiger partial charge in [-0.2, -0.15) is 4.98 Å². The lowest BCUT2D eigenvalue weighted by Gasteiger charge is -2.41. The van der Waals surface area contributed by atoms with Crippen molar-refractivity contribution in [3.05, 3.63) is 30.0 Å². The van der Waals surface area contributed by atoms with E-state index in [9.17, 15) is 4.55 Å². The van der Waals surface area contributed by atoms with Crippen molar-refractivity contribution in [3.63, 3.8) is 0 Å². The summed E-state index contributed by atoms with van der Waals surface area (Å²) in [6.45, 7) is 6.28. The summed E-state index contributed by atoms with van der Waals surface area (Å²) in [5.41, 5.74) is 2.37. The van der Waals surface area contributed by atoms with Gasteiger partial charge in [0.1, 0.15) is 12.3 Å². The Morgan fingerprint density at radius 2 is 2.00 bits per heavy atom. The predicted octanol–water partition coefficient (Wildman–Crippen LogP) is 2.07. The molecule has 1 N–H and O–H groups in total. The second kappa shape index (κ2) is 7.54. The molecule has 2 unspecified atom stereocenters. The average Bonchev–Trinajstić information content (AvgIpc) is 3.16. The number of fused-ring (bicyclic) bond motifs is 4. The molecule has 5 rings (SSSR count). The number of anilines is 2. The van der Waals surface area contributed by atoms with E-state index < -0.39 is 15.9 Å². The van der Waals surface area contributed by atoms with Crippen molar-refractivity contribution >= 4 is 34.0 Å². The molecule has 0 radical (unpaired) electrons. The Balaban J connectivity index is 1.79. The molecule has 2 aliphatic heterocycles. The Morgan fingerprint density at radius 3 is 2.77 bits per heavy atom. The predicted molar refractivity (Wildman–Crippen MR) is 121 cm³/mol. The molecule has 2 aromatic heterocycles. The molecule has 0 aliphatic carbocycles. The lowest BCUT2D eigenvalue weighted by atomic mass is 10.1. The second-order valence-electron chi connectivity index (χ2n) is 8.23. The van der Waals surface area contributed by atoms with Gasteiger partial charge >= 0.3 is 0 Å². The van der Waals surface area contributed by atoms with Crippen LogP contribution in [0.25, 0.3) is 17.0 Å². The fourth-order valence-corrected chi connectivity index (χ4v) is 4.46. The first-order valence-corrected chi connectivity index (χ1v) is 11.9. The molecule has 0 amide bonds. The van der Waals surface area contributed by atoms with Gasteiger partial charge < -0.3 is 24.2 Å². The van der Waals surface area contributed by atoms with Crippen LogP contribution in [-0.4, -0.2) is 69.8 Å². The van der Waals surface area contributed by atoms with Crippen molar-refractivity contribution in [1.82, 2.24) is 19.5 Å². The summed E-state index contributed by atoms with van der Waals surface area (Å²) in [6.07, 6.45) is 1.69. The van der Waals surface area contributed by atoms with E-state index in [-0.39, 0.29) is 6.04 Å². The topological polar surface area (TPSA) is 100 Å². The number of hydrogen-bond donors (Lipinski definition) is 1. The Hall–Kier alpha value is -2.56. The van der Waals surface area contributed by atoms with Crippen LogP contribution >= 0.6 is 0 Å². The summed E-state index contributed by atoms with van der Waals surface area (Å²) in [5, 5.41) is 3.15. The highest BCUT2D eigenvalue weighted by Crippen LogP contribution is 2.43. The Kier molecular flexibility index (Phi) is 4.95. The van der Waals surface area contributed by atoms with E-state index >= 15 is 0 Å². The molecular weight excluding hydrogens is 416 g/mol. The molecule has 1 saturated heterocycles. The van der Waals surface area contributed by atoms with E-state index in [1.165, 1.54) is 0 Å². The van der Waals surface area contributed by atoms with Crippen molar-refractivity contribution in [1.29, 1.82) is 0 Å². The van der Waals surface area contributed by atoms with Crippen LogP contribution < -0.4 is 15.0 Å². The SMILES string of the molecule is CNc1nc2ccccc2n1-c1nc2c(c(C(C)(C)[S+](C)[O-])n1)OCC1COCCN21. The van der Waals surface area contributed by atoms with Crippen LogP contribution in [0.5, 0.6) is 5.75 Å². The number of benzene rings is 1. The maximum absolute atomic E-state index is 12.7. The van der Waals surface area contributed by atoms with Crippen LogP contribution in [0.2, 0.25) is 0 Å². The minimum Gasteiger partial charge on any atom is -0.616 e. The van der Waals surface area contributed by atoms with Gasteiger partial charge in [0.25, 0.3) is 0 Å². The number of morpholine rings is 1. The first-order chi connectivity index (χ1) is 14.9. The van der Waals surface area contributed by atoms with E-state index in [2.05, 4.69) is 15.2 Å². The molecule has 4 heterocycles. The number of aromatic nitrogens is 4. The number of nitrogens with zero attached hydrogens (tertiary/aromatic N) is 5. The van der Waals surface area contributed by atoms with E-state index in [4.69, 9.17) is 19.4 Å². The van der Waals surface area contributed by atoms with Crippen LogP contribution in [0.1, 0.15) is 19.5 Å². The highest BCUT2D eigenvalue weighted by atomic mass is 32.2. The smallest absolute Gasteiger partial charge is 0.239 e. The van der Waals surface area contributed by atoms with Gasteiger partial charge in [-0.15, -0.1) is 0 Å². The van der Waals surface area contributed by atoms with E-state index in [0.29, 0.717) is 43.2 Å². The van der Waals surface area contributed by atoms with Crippen LogP contribution in [0, 0.1) is 0 Å². The summed E-state index contributed by atoms with van der Waals surface area (Å²) in [4.78, 5) is 16.8. The molecule has 3 aromatic rings. The van der Waals surface area contributed by atoms with Crippen molar-refractivity contribution in [3.8, 4) is 11.7 Å². The lowest BCUT2D eigenvalue weighted by Crippen LogP contribution is -2.52. The molecule has 9 nitrogen and oxygen atoms in total. The van der Waals surface area contributed by atoms with Gasteiger partial charge in [-0.1, -0.05) is 12.1 Å². The maximum Gasteiger partial charge on any atom is 0.239 e. The van der Waals surface area contributed by atoms with Gasteiger partial charge in [0.15, 0.2) is 16.3 Å². The number of rotatable bonds is 4. The highest BCUT2D eigenvalue weighted by molar-refractivity contribution is 7.91. The minimum atomic E-state index is -1.18. The van der Waals surface area contributed by atoms with Crippen LogP contribution in [0.15, 0.2) is 24.3 Å². The first kappa shape index (κ1) is 20.3. The third-order valence-corrected chi connectivity index (χ3v) is 7.66. The molecule has 0 saturated carbocycles. The van der Waals surface area contributed by atoms with E-state index in [1.807, 2.05) is 49.7 Å². The fraction of sp³-hybridized carbons (Fsp3) is 0.476. The van der Waals surface area contributed by atoms with Crippen molar-refractivity contribution in [2.75, 3.05) is 49.9 Å². The van der Waals surface area contributed by atoms with Crippen LogP contribution in [-0.2, 0) is 20.7 Å². The highest BCUT2D eigenvalue weighted by Gasteiger charge is 2.42. The molecule has 10 heteroatoms. The normalized spacial score (nSPS) is 19.5. The Labute approximate surface area is 184 Å². The number of nitrogens with one attached hydrogen (secondary N) is 1. The molecule has 0 spiro atoms. The van der Waals surface area contributed by atoms with Gasteiger partial charge in [0, 0.05) is 13.6 Å². The minimum absolute atomic E-state index is 0.0930. The molecule has 1 fully saturated rings. The Bertz CT molecular complexity index is 1130.